The summed E-state index contributed by atoms with van der Waals surface area (Å²) in [6.07, 6.45) is 5.91. The molecular formula is C21H22O2. The summed E-state index contributed by atoms with van der Waals surface area (Å²) in [6.45, 7) is 0. The molecule has 2 heteroatoms. The molecule has 23 heavy (non-hydrogen) atoms. The summed E-state index contributed by atoms with van der Waals surface area (Å²) in [7, 11) is 0. The molecule has 1 fully saturated rings. The van der Waals surface area contributed by atoms with Gasteiger partial charge >= 0.3 is 0 Å². The minimum absolute atomic E-state index is 0.0906. The van der Waals surface area contributed by atoms with Crippen LogP contribution >= 0.6 is 0 Å². The highest BCUT2D eigenvalue weighted by atomic mass is 16.1. The third-order valence-electron chi connectivity index (χ3n) is 4.65. The fraction of sp³-hybridized carbons (Fsp3) is 0.333. The lowest BCUT2D eigenvalue weighted by Gasteiger charge is -2.20. The molecule has 1 saturated carbocycles. The Bertz CT molecular complexity index is 682. The summed E-state index contributed by atoms with van der Waals surface area (Å²) in [6, 6.07) is 16.9. The Labute approximate surface area is 137 Å². The van der Waals surface area contributed by atoms with Crippen molar-refractivity contribution in [2.75, 3.05) is 0 Å². The molecule has 0 N–H and O–H groups in total. The van der Waals surface area contributed by atoms with Gasteiger partial charge in [-0.3, -0.25) is 9.59 Å². The van der Waals surface area contributed by atoms with Crippen molar-refractivity contribution < 1.29 is 9.59 Å². The summed E-state index contributed by atoms with van der Waals surface area (Å²) in [5, 5.41) is 0. The van der Waals surface area contributed by atoms with E-state index >= 15 is 0 Å². The highest BCUT2D eigenvalue weighted by Crippen LogP contribution is 2.27. The van der Waals surface area contributed by atoms with Gasteiger partial charge in [-0.1, -0.05) is 67.8 Å². The van der Waals surface area contributed by atoms with Crippen molar-refractivity contribution in [3.05, 3.63) is 71.3 Å². The lowest BCUT2D eigenvalue weighted by Crippen LogP contribution is -2.18. The van der Waals surface area contributed by atoms with Gasteiger partial charge in [-0.15, -0.1) is 0 Å². The lowest BCUT2D eigenvalue weighted by molar-refractivity contribution is 0.0888. The van der Waals surface area contributed by atoms with Crippen molar-refractivity contribution in [2.24, 2.45) is 5.92 Å². The molecule has 0 aromatic heterocycles. The Hall–Kier alpha value is -2.22. The van der Waals surface area contributed by atoms with Gasteiger partial charge in [0.05, 0.1) is 0 Å². The van der Waals surface area contributed by atoms with Crippen LogP contribution in [0.3, 0.4) is 0 Å². The fourth-order valence-corrected chi connectivity index (χ4v) is 3.35. The van der Waals surface area contributed by atoms with Gasteiger partial charge in [0, 0.05) is 23.5 Å². The van der Waals surface area contributed by atoms with Crippen LogP contribution in [0.5, 0.6) is 0 Å². The van der Waals surface area contributed by atoms with Crippen LogP contribution in [0.15, 0.2) is 54.6 Å². The monoisotopic (exact) mass is 306 g/mol. The van der Waals surface area contributed by atoms with E-state index in [-0.39, 0.29) is 17.5 Å². The van der Waals surface area contributed by atoms with E-state index in [1.807, 2.05) is 54.6 Å². The van der Waals surface area contributed by atoms with E-state index in [4.69, 9.17) is 0 Å². The Morgan fingerprint density at radius 1 is 0.826 bits per heavy atom. The summed E-state index contributed by atoms with van der Waals surface area (Å²) in [5.41, 5.74) is 2.40. The molecule has 118 valence electrons. The molecule has 1 aliphatic rings. The zero-order valence-corrected chi connectivity index (χ0v) is 13.3. The number of hydrogen-bond acceptors (Lipinski definition) is 2. The molecule has 0 bridgehead atoms. The normalized spacial score (nSPS) is 15.3. The molecule has 2 nitrogen and oxygen atoms in total. The molecule has 0 heterocycles. The average molecular weight is 306 g/mol. The topological polar surface area (TPSA) is 34.1 Å². The second kappa shape index (κ2) is 7.36. The van der Waals surface area contributed by atoms with Crippen molar-refractivity contribution in [2.45, 2.75) is 38.5 Å². The van der Waals surface area contributed by atoms with Crippen molar-refractivity contribution in [1.82, 2.24) is 0 Å². The maximum atomic E-state index is 12.6. The molecule has 0 atom stereocenters. The van der Waals surface area contributed by atoms with Crippen molar-refractivity contribution >= 4 is 11.6 Å². The molecular weight excluding hydrogens is 284 g/mol. The molecule has 0 aliphatic heterocycles. The van der Waals surface area contributed by atoms with Crippen LogP contribution in [0.2, 0.25) is 0 Å². The maximum absolute atomic E-state index is 12.6. The summed E-state index contributed by atoms with van der Waals surface area (Å²) < 4.78 is 0. The second-order valence-electron chi connectivity index (χ2n) is 6.37. The van der Waals surface area contributed by atoms with Gasteiger partial charge in [0.15, 0.2) is 11.6 Å². The van der Waals surface area contributed by atoms with Crippen molar-refractivity contribution in [1.29, 1.82) is 0 Å². The average Bonchev–Trinajstić information content (AvgIpc) is 2.63. The van der Waals surface area contributed by atoms with E-state index in [1.54, 1.807) is 0 Å². The van der Waals surface area contributed by atoms with Gasteiger partial charge in [-0.2, -0.15) is 0 Å². The predicted octanol–water partition coefficient (Wildman–Crippen LogP) is 4.88. The first-order chi connectivity index (χ1) is 11.2. The van der Waals surface area contributed by atoms with E-state index in [0.717, 1.165) is 42.4 Å². The van der Waals surface area contributed by atoms with E-state index < -0.39 is 0 Å². The minimum atomic E-state index is 0.0906. The van der Waals surface area contributed by atoms with Crippen LogP contribution in [-0.4, -0.2) is 11.6 Å². The van der Waals surface area contributed by atoms with E-state index in [9.17, 15) is 9.59 Å². The number of ketones is 2. The first-order valence-electron chi connectivity index (χ1n) is 8.45. The standard InChI is InChI=1S/C21H22O2/c22-20(17-9-3-1-4-10-17)15-16-8-7-13-19(14-16)21(23)18-11-5-2-6-12-18/h1,3-4,7-10,13-14,18H,2,5-6,11-12,15H2. The highest BCUT2D eigenvalue weighted by molar-refractivity contribution is 5.99. The second-order valence-corrected chi connectivity index (χ2v) is 6.37. The number of carbonyl (C=O) groups excluding carboxylic acids is 2. The van der Waals surface area contributed by atoms with E-state index in [2.05, 4.69) is 0 Å². The van der Waals surface area contributed by atoms with Gasteiger partial charge in [-0.05, 0) is 24.5 Å². The van der Waals surface area contributed by atoms with Gasteiger partial charge < -0.3 is 0 Å². The third-order valence-corrected chi connectivity index (χ3v) is 4.65. The number of carbonyl (C=O) groups is 2. The largest absolute Gasteiger partial charge is 0.294 e. The van der Waals surface area contributed by atoms with Crippen LogP contribution in [-0.2, 0) is 6.42 Å². The van der Waals surface area contributed by atoms with Crippen LogP contribution in [0.25, 0.3) is 0 Å². The smallest absolute Gasteiger partial charge is 0.167 e. The zero-order chi connectivity index (χ0) is 16.1. The molecule has 0 spiro atoms. The minimum Gasteiger partial charge on any atom is -0.294 e. The van der Waals surface area contributed by atoms with Gasteiger partial charge in [0.25, 0.3) is 0 Å². The zero-order valence-electron chi connectivity index (χ0n) is 13.3. The molecule has 2 aromatic carbocycles. The predicted molar refractivity (Wildman–Crippen MR) is 91.8 cm³/mol. The Morgan fingerprint density at radius 2 is 1.52 bits per heavy atom. The van der Waals surface area contributed by atoms with Crippen LogP contribution in [0, 0.1) is 5.92 Å². The number of rotatable bonds is 5. The summed E-state index contributed by atoms with van der Waals surface area (Å²) >= 11 is 0. The molecule has 0 saturated heterocycles. The fourth-order valence-electron chi connectivity index (χ4n) is 3.35. The summed E-state index contributed by atoms with van der Waals surface area (Å²) in [5.74, 6) is 0.510. The number of Topliss-reactive ketones (excluding diaryl/α,β-unsaturated/α-hetero) is 2. The summed E-state index contributed by atoms with van der Waals surface area (Å²) in [4.78, 5) is 24.9. The Morgan fingerprint density at radius 3 is 2.26 bits per heavy atom. The SMILES string of the molecule is O=C(Cc1cccc(C(=O)C2CCCCC2)c1)c1ccccc1. The molecule has 0 amide bonds. The van der Waals surface area contributed by atoms with E-state index in [0.29, 0.717) is 6.42 Å². The first-order valence-corrected chi connectivity index (χ1v) is 8.45. The van der Waals surface area contributed by atoms with Crippen LogP contribution < -0.4 is 0 Å². The molecule has 3 rings (SSSR count). The van der Waals surface area contributed by atoms with Gasteiger partial charge in [-0.25, -0.2) is 0 Å². The molecule has 0 unspecified atom stereocenters. The lowest BCUT2D eigenvalue weighted by atomic mass is 9.83. The molecule has 0 radical (unpaired) electrons. The van der Waals surface area contributed by atoms with Crippen molar-refractivity contribution in [3.63, 3.8) is 0 Å². The van der Waals surface area contributed by atoms with Gasteiger partial charge in [0.2, 0.25) is 0 Å². The Balaban J connectivity index is 1.72. The molecule has 1 aliphatic carbocycles. The maximum Gasteiger partial charge on any atom is 0.167 e. The third kappa shape index (κ3) is 3.95. The first kappa shape index (κ1) is 15.7. The number of hydrogen-bond donors (Lipinski definition) is 0. The quantitative estimate of drug-likeness (QED) is 0.738. The highest BCUT2D eigenvalue weighted by Gasteiger charge is 2.22. The van der Waals surface area contributed by atoms with Gasteiger partial charge in [0.1, 0.15) is 0 Å². The number of benzene rings is 2. The van der Waals surface area contributed by atoms with Crippen LogP contribution in [0.4, 0.5) is 0 Å². The Kier molecular flexibility index (Phi) is 5.02. The van der Waals surface area contributed by atoms with E-state index in [1.165, 1.54) is 6.42 Å². The molecule has 2 aromatic rings. The van der Waals surface area contributed by atoms with Crippen LogP contribution in [0.1, 0.15) is 58.4 Å². The van der Waals surface area contributed by atoms with Crippen molar-refractivity contribution in [3.8, 4) is 0 Å².